The summed E-state index contributed by atoms with van der Waals surface area (Å²) >= 11 is 0. The Hall–Kier alpha value is -2.82. The number of rotatable bonds is 8. The minimum absolute atomic E-state index is 0.00452. The minimum Gasteiger partial charge on any atom is -0.481 e. The van der Waals surface area contributed by atoms with Gasteiger partial charge in [-0.1, -0.05) is 24.3 Å². The van der Waals surface area contributed by atoms with Gasteiger partial charge in [0.05, 0.1) is 13.0 Å². The van der Waals surface area contributed by atoms with Crippen LogP contribution in [0.15, 0.2) is 48.5 Å². The lowest BCUT2D eigenvalue weighted by atomic mass is 10.1. The number of carbonyl (C=O) groups excluding carboxylic acids is 1. The number of carboxylic acid groups (broad SMARTS) is 1. The maximum absolute atomic E-state index is 11.3. The summed E-state index contributed by atoms with van der Waals surface area (Å²) in [4.78, 5) is 22.0. The first-order valence-electron chi connectivity index (χ1n) is 7.80. The fourth-order valence-electron chi connectivity index (χ4n) is 2.19. The van der Waals surface area contributed by atoms with E-state index in [1.165, 1.54) is 0 Å². The number of hydrogen-bond donors (Lipinski definition) is 1. The third-order valence-corrected chi connectivity index (χ3v) is 3.36. The van der Waals surface area contributed by atoms with E-state index in [-0.39, 0.29) is 12.4 Å². The number of hydrogen-bond acceptors (Lipinski definition) is 4. The lowest BCUT2D eigenvalue weighted by molar-refractivity contribution is -0.143. The number of ether oxygens (including phenoxy) is 2. The number of aliphatic carboxylic acids is 1. The van der Waals surface area contributed by atoms with Gasteiger partial charge in [0.2, 0.25) is 0 Å². The molecule has 0 atom stereocenters. The highest BCUT2D eigenvalue weighted by atomic mass is 16.5. The number of carbonyl (C=O) groups is 2. The first kappa shape index (κ1) is 17.5. The van der Waals surface area contributed by atoms with Crippen LogP contribution in [0.3, 0.4) is 0 Å². The van der Waals surface area contributed by atoms with E-state index < -0.39 is 5.97 Å². The van der Waals surface area contributed by atoms with Gasteiger partial charge in [-0.25, -0.2) is 0 Å². The van der Waals surface area contributed by atoms with Crippen molar-refractivity contribution in [3.63, 3.8) is 0 Å². The summed E-state index contributed by atoms with van der Waals surface area (Å²) in [6.07, 6.45) is 0.984. The van der Waals surface area contributed by atoms with E-state index in [1.54, 1.807) is 31.2 Å². The van der Waals surface area contributed by atoms with Crippen LogP contribution >= 0.6 is 0 Å². The molecule has 0 aliphatic heterocycles. The number of aryl methyl sites for hydroxylation is 1. The Labute approximate surface area is 140 Å². The first-order chi connectivity index (χ1) is 11.6. The molecule has 0 unspecified atom stereocenters. The van der Waals surface area contributed by atoms with Crippen molar-refractivity contribution >= 4 is 11.9 Å². The topological polar surface area (TPSA) is 72.8 Å². The molecule has 1 N–H and O–H groups in total. The van der Waals surface area contributed by atoms with Crippen molar-refractivity contribution in [3.05, 3.63) is 59.7 Å². The van der Waals surface area contributed by atoms with Crippen LogP contribution < -0.4 is 4.74 Å². The van der Waals surface area contributed by atoms with Gasteiger partial charge in [0.15, 0.2) is 0 Å². The lowest BCUT2D eigenvalue weighted by Crippen LogP contribution is -2.05. The Kier molecular flexibility index (Phi) is 6.37. The summed E-state index contributed by atoms with van der Waals surface area (Å²) in [6.45, 7) is 2.19. The van der Waals surface area contributed by atoms with Gasteiger partial charge >= 0.3 is 11.9 Å². The molecule has 2 aromatic carbocycles. The SMILES string of the molecule is CCOC(=O)CCc1ccc(Oc2ccc(CC(=O)O)cc2)cc1. The number of esters is 1. The van der Waals surface area contributed by atoms with Crippen LogP contribution in [-0.4, -0.2) is 23.7 Å². The first-order valence-corrected chi connectivity index (χ1v) is 7.80. The van der Waals surface area contributed by atoms with Crippen molar-refractivity contribution in [1.82, 2.24) is 0 Å². The second-order valence-electron chi connectivity index (χ2n) is 5.27. The summed E-state index contributed by atoms with van der Waals surface area (Å²) < 4.78 is 10.6. The number of benzene rings is 2. The largest absolute Gasteiger partial charge is 0.481 e. The van der Waals surface area contributed by atoms with Gasteiger partial charge in [0.25, 0.3) is 0 Å². The highest BCUT2D eigenvalue weighted by Crippen LogP contribution is 2.22. The maximum Gasteiger partial charge on any atom is 0.307 e. The second-order valence-corrected chi connectivity index (χ2v) is 5.27. The highest BCUT2D eigenvalue weighted by molar-refractivity contribution is 5.70. The van der Waals surface area contributed by atoms with Gasteiger partial charge in [-0.3, -0.25) is 9.59 Å². The van der Waals surface area contributed by atoms with Crippen LogP contribution in [0.4, 0.5) is 0 Å². The monoisotopic (exact) mass is 328 g/mol. The average molecular weight is 328 g/mol. The number of carboxylic acids is 1. The molecule has 0 radical (unpaired) electrons. The fraction of sp³-hybridized carbons (Fsp3) is 0.263. The van der Waals surface area contributed by atoms with Crippen molar-refractivity contribution < 1.29 is 24.2 Å². The molecule has 0 amide bonds. The molecule has 0 saturated heterocycles. The van der Waals surface area contributed by atoms with E-state index in [4.69, 9.17) is 14.6 Å². The molecule has 5 heteroatoms. The van der Waals surface area contributed by atoms with Crippen LogP contribution in [-0.2, 0) is 27.2 Å². The van der Waals surface area contributed by atoms with Gasteiger partial charge < -0.3 is 14.6 Å². The van der Waals surface area contributed by atoms with Crippen molar-refractivity contribution in [2.45, 2.75) is 26.2 Å². The zero-order chi connectivity index (χ0) is 17.4. The Balaban J connectivity index is 1.89. The molecule has 24 heavy (non-hydrogen) atoms. The average Bonchev–Trinajstić information content (AvgIpc) is 2.56. The molecule has 2 aromatic rings. The molecule has 0 aliphatic carbocycles. The van der Waals surface area contributed by atoms with Gasteiger partial charge in [-0.15, -0.1) is 0 Å². The molecule has 0 fully saturated rings. The summed E-state index contributed by atoms with van der Waals surface area (Å²) in [7, 11) is 0. The molecule has 0 saturated carbocycles. The van der Waals surface area contributed by atoms with Crippen molar-refractivity contribution in [1.29, 1.82) is 0 Å². The maximum atomic E-state index is 11.3. The Morgan fingerprint density at radius 2 is 1.46 bits per heavy atom. The molecule has 0 bridgehead atoms. The molecule has 2 rings (SSSR count). The third-order valence-electron chi connectivity index (χ3n) is 3.36. The smallest absolute Gasteiger partial charge is 0.307 e. The minimum atomic E-state index is -0.859. The van der Waals surface area contributed by atoms with E-state index in [1.807, 2.05) is 24.3 Å². The Bertz CT molecular complexity index is 674. The van der Waals surface area contributed by atoms with E-state index in [0.29, 0.717) is 30.9 Å². The molecule has 0 spiro atoms. The molecular weight excluding hydrogens is 308 g/mol. The molecule has 5 nitrogen and oxygen atoms in total. The van der Waals surface area contributed by atoms with Gasteiger partial charge in [-0.05, 0) is 48.7 Å². The van der Waals surface area contributed by atoms with Crippen LogP contribution in [0.5, 0.6) is 11.5 Å². The Morgan fingerprint density at radius 3 is 1.96 bits per heavy atom. The summed E-state index contributed by atoms with van der Waals surface area (Å²) in [6, 6.07) is 14.5. The second kappa shape index (κ2) is 8.72. The summed E-state index contributed by atoms with van der Waals surface area (Å²) in [5, 5.41) is 8.75. The predicted molar refractivity (Wildman–Crippen MR) is 89.3 cm³/mol. The van der Waals surface area contributed by atoms with E-state index in [0.717, 1.165) is 11.1 Å². The van der Waals surface area contributed by atoms with Gasteiger partial charge in [-0.2, -0.15) is 0 Å². The fourth-order valence-corrected chi connectivity index (χ4v) is 2.19. The van der Waals surface area contributed by atoms with E-state index in [9.17, 15) is 9.59 Å². The van der Waals surface area contributed by atoms with Gasteiger partial charge in [0, 0.05) is 6.42 Å². The van der Waals surface area contributed by atoms with Crippen LogP contribution in [0.1, 0.15) is 24.5 Å². The standard InChI is InChI=1S/C19H20O5/c1-2-23-19(22)12-7-14-3-8-16(9-4-14)24-17-10-5-15(6-11-17)13-18(20)21/h3-6,8-11H,2,7,12-13H2,1H3,(H,20,21). The molecule has 0 aromatic heterocycles. The van der Waals surface area contributed by atoms with E-state index >= 15 is 0 Å². The zero-order valence-electron chi connectivity index (χ0n) is 13.5. The van der Waals surface area contributed by atoms with Crippen LogP contribution in [0.2, 0.25) is 0 Å². The predicted octanol–water partition coefficient (Wildman–Crippen LogP) is 3.60. The Morgan fingerprint density at radius 1 is 0.917 bits per heavy atom. The lowest BCUT2D eigenvalue weighted by Gasteiger charge is -2.07. The quantitative estimate of drug-likeness (QED) is 0.750. The molecule has 0 heterocycles. The zero-order valence-corrected chi connectivity index (χ0v) is 13.5. The highest BCUT2D eigenvalue weighted by Gasteiger charge is 2.04. The normalized spacial score (nSPS) is 10.2. The van der Waals surface area contributed by atoms with Gasteiger partial charge in [0.1, 0.15) is 11.5 Å². The molecular formula is C19H20O5. The summed E-state index contributed by atoms with van der Waals surface area (Å²) in [5.74, 6) is 0.269. The summed E-state index contributed by atoms with van der Waals surface area (Å²) in [5.41, 5.74) is 1.76. The van der Waals surface area contributed by atoms with Crippen molar-refractivity contribution in [2.24, 2.45) is 0 Å². The third kappa shape index (κ3) is 5.76. The molecule has 126 valence electrons. The van der Waals surface area contributed by atoms with Crippen LogP contribution in [0.25, 0.3) is 0 Å². The van der Waals surface area contributed by atoms with Crippen molar-refractivity contribution in [3.8, 4) is 11.5 Å². The van der Waals surface area contributed by atoms with Crippen LogP contribution in [0, 0.1) is 0 Å². The van der Waals surface area contributed by atoms with Crippen molar-refractivity contribution in [2.75, 3.05) is 6.61 Å². The van der Waals surface area contributed by atoms with E-state index in [2.05, 4.69) is 0 Å². The molecule has 0 aliphatic rings.